The molecule has 1 fully saturated rings. The number of benzene rings is 2. The van der Waals surface area contributed by atoms with Gasteiger partial charge in [0.2, 0.25) is 11.8 Å². The zero-order chi connectivity index (χ0) is 17.4. The van der Waals surface area contributed by atoms with Gasteiger partial charge in [-0.05, 0) is 30.0 Å². The van der Waals surface area contributed by atoms with Crippen LogP contribution in [0.2, 0.25) is 0 Å². The molecule has 0 aliphatic carbocycles. The molecule has 1 saturated heterocycles. The summed E-state index contributed by atoms with van der Waals surface area (Å²) in [5, 5.41) is 0. The van der Waals surface area contributed by atoms with E-state index < -0.39 is 5.54 Å². The van der Waals surface area contributed by atoms with Crippen molar-refractivity contribution in [1.82, 2.24) is 9.80 Å². The number of likely N-dealkylation sites (tertiary alicyclic amines) is 1. The second-order valence-electron chi connectivity index (χ2n) is 7.16. The summed E-state index contributed by atoms with van der Waals surface area (Å²) in [6, 6.07) is 18.1. The number of amides is 2. The molecule has 0 aromatic heterocycles. The number of fused-ring (bicyclic) bond motifs is 1. The van der Waals surface area contributed by atoms with E-state index in [2.05, 4.69) is 23.1 Å². The summed E-state index contributed by atoms with van der Waals surface area (Å²) in [6.07, 6.45) is 1.19. The average Bonchev–Trinajstić information content (AvgIpc) is 2.86. The zero-order valence-corrected chi connectivity index (χ0v) is 14.4. The van der Waals surface area contributed by atoms with E-state index in [0.717, 1.165) is 25.1 Å². The van der Waals surface area contributed by atoms with Gasteiger partial charge in [0.25, 0.3) is 0 Å². The maximum Gasteiger partial charge on any atom is 0.250 e. The Morgan fingerprint density at radius 2 is 1.64 bits per heavy atom. The van der Waals surface area contributed by atoms with E-state index in [0.29, 0.717) is 6.54 Å². The standard InChI is InChI=1S/C21H22N2O2/c1-21(22-12-11-17-9-5-6-10-18(17)15-22)13-19(24)23(20(21)25)14-16-7-3-2-4-8-16/h2-10H,11-15H2,1H3/t21-/m1/s1. The van der Waals surface area contributed by atoms with Gasteiger partial charge in [-0.2, -0.15) is 0 Å². The van der Waals surface area contributed by atoms with Gasteiger partial charge in [-0.25, -0.2) is 0 Å². The summed E-state index contributed by atoms with van der Waals surface area (Å²) < 4.78 is 0. The van der Waals surface area contributed by atoms with Gasteiger partial charge in [-0.1, -0.05) is 54.6 Å². The third-order valence-corrected chi connectivity index (χ3v) is 5.51. The highest BCUT2D eigenvalue weighted by molar-refractivity contribution is 6.08. The first-order valence-electron chi connectivity index (χ1n) is 8.78. The van der Waals surface area contributed by atoms with Crippen LogP contribution in [0.1, 0.15) is 30.0 Å². The monoisotopic (exact) mass is 334 g/mol. The third kappa shape index (κ3) is 2.76. The number of carbonyl (C=O) groups is 2. The first-order valence-corrected chi connectivity index (χ1v) is 8.78. The van der Waals surface area contributed by atoms with Gasteiger partial charge in [0.15, 0.2) is 0 Å². The second-order valence-corrected chi connectivity index (χ2v) is 7.16. The van der Waals surface area contributed by atoms with Crippen molar-refractivity contribution in [1.29, 1.82) is 0 Å². The zero-order valence-electron chi connectivity index (χ0n) is 14.4. The molecule has 2 heterocycles. The van der Waals surface area contributed by atoms with E-state index in [1.807, 2.05) is 43.3 Å². The van der Waals surface area contributed by atoms with Crippen molar-refractivity contribution in [2.75, 3.05) is 6.54 Å². The molecule has 0 unspecified atom stereocenters. The summed E-state index contributed by atoms with van der Waals surface area (Å²) in [6.45, 7) is 3.82. The van der Waals surface area contributed by atoms with E-state index in [1.54, 1.807) is 0 Å². The molecule has 0 bridgehead atoms. The number of hydrogen-bond acceptors (Lipinski definition) is 3. The Bertz CT molecular complexity index is 818. The van der Waals surface area contributed by atoms with Crippen LogP contribution in [0.3, 0.4) is 0 Å². The minimum Gasteiger partial charge on any atom is -0.285 e. The van der Waals surface area contributed by atoms with Gasteiger partial charge >= 0.3 is 0 Å². The molecule has 0 N–H and O–H groups in total. The lowest BCUT2D eigenvalue weighted by atomic mass is 9.91. The fourth-order valence-corrected chi connectivity index (χ4v) is 3.96. The molecule has 0 radical (unpaired) electrons. The van der Waals surface area contributed by atoms with Gasteiger partial charge in [0.05, 0.1) is 13.0 Å². The summed E-state index contributed by atoms with van der Waals surface area (Å²) in [5.41, 5.74) is 2.86. The molecule has 2 amide bonds. The molecule has 2 aliphatic heterocycles. The van der Waals surface area contributed by atoms with Crippen molar-refractivity contribution in [3.63, 3.8) is 0 Å². The van der Waals surface area contributed by atoms with Crippen LogP contribution >= 0.6 is 0 Å². The van der Waals surface area contributed by atoms with Crippen LogP contribution in [0, 0.1) is 0 Å². The molecule has 2 aromatic carbocycles. The number of imide groups is 1. The third-order valence-electron chi connectivity index (χ3n) is 5.51. The van der Waals surface area contributed by atoms with E-state index in [4.69, 9.17) is 0 Å². The Labute approximate surface area is 148 Å². The highest BCUT2D eigenvalue weighted by Gasteiger charge is 2.52. The van der Waals surface area contributed by atoms with Gasteiger partial charge in [-0.3, -0.25) is 19.4 Å². The minimum absolute atomic E-state index is 0.0688. The first-order chi connectivity index (χ1) is 12.1. The quantitative estimate of drug-likeness (QED) is 0.811. The van der Waals surface area contributed by atoms with Gasteiger partial charge in [0.1, 0.15) is 5.54 Å². The maximum absolute atomic E-state index is 13.1. The first kappa shape index (κ1) is 16.0. The lowest BCUT2D eigenvalue weighted by Crippen LogP contribution is -2.53. The van der Waals surface area contributed by atoms with Gasteiger partial charge < -0.3 is 0 Å². The molecule has 4 nitrogen and oxygen atoms in total. The van der Waals surface area contributed by atoms with Gasteiger partial charge in [0, 0.05) is 13.1 Å². The molecule has 4 heteroatoms. The average molecular weight is 334 g/mol. The number of rotatable bonds is 3. The molecule has 1 atom stereocenters. The van der Waals surface area contributed by atoms with Crippen molar-refractivity contribution in [2.45, 2.75) is 38.4 Å². The van der Waals surface area contributed by atoms with Crippen molar-refractivity contribution in [3.8, 4) is 0 Å². The summed E-state index contributed by atoms with van der Waals surface area (Å²) in [4.78, 5) is 29.3. The van der Waals surface area contributed by atoms with E-state index in [1.165, 1.54) is 16.0 Å². The maximum atomic E-state index is 13.1. The SMILES string of the molecule is C[C@@]1(N2CCc3ccccc3C2)CC(=O)N(Cc2ccccc2)C1=O. The Morgan fingerprint density at radius 3 is 2.40 bits per heavy atom. The number of hydrogen-bond donors (Lipinski definition) is 0. The Balaban J connectivity index is 1.56. The fourth-order valence-electron chi connectivity index (χ4n) is 3.96. The topological polar surface area (TPSA) is 40.6 Å². The summed E-state index contributed by atoms with van der Waals surface area (Å²) in [5.74, 6) is -0.143. The molecule has 25 heavy (non-hydrogen) atoms. The Kier molecular flexibility index (Phi) is 3.92. The molecule has 0 spiro atoms. The van der Waals surface area contributed by atoms with Crippen LogP contribution in [0.5, 0.6) is 0 Å². The van der Waals surface area contributed by atoms with Crippen LogP contribution in [-0.4, -0.2) is 33.7 Å². The van der Waals surface area contributed by atoms with Crippen LogP contribution in [0.15, 0.2) is 54.6 Å². The van der Waals surface area contributed by atoms with Gasteiger partial charge in [-0.15, -0.1) is 0 Å². The van der Waals surface area contributed by atoms with Crippen LogP contribution < -0.4 is 0 Å². The normalized spacial score (nSPS) is 23.8. The Hall–Kier alpha value is -2.46. The van der Waals surface area contributed by atoms with Crippen molar-refractivity contribution in [3.05, 3.63) is 71.3 Å². The Morgan fingerprint density at radius 1 is 0.960 bits per heavy atom. The lowest BCUT2D eigenvalue weighted by Gasteiger charge is -2.39. The lowest BCUT2D eigenvalue weighted by molar-refractivity contribution is -0.143. The second kappa shape index (κ2) is 6.12. The highest BCUT2D eigenvalue weighted by atomic mass is 16.2. The molecule has 4 rings (SSSR count). The molecule has 2 aliphatic rings. The van der Waals surface area contributed by atoms with Crippen LogP contribution in [-0.2, 0) is 29.1 Å². The molecule has 128 valence electrons. The van der Waals surface area contributed by atoms with Crippen molar-refractivity contribution >= 4 is 11.8 Å². The van der Waals surface area contributed by atoms with Crippen molar-refractivity contribution in [2.24, 2.45) is 0 Å². The molecule has 2 aromatic rings. The van der Waals surface area contributed by atoms with Crippen molar-refractivity contribution < 1.29 is 9.59 Å². The number of nitrogens with zero attached hydrogens (tertiary/aromatic N) is 2. The smallest absolute Gasteiger partial charge is 0.250 e. The minimum atomic E-state index is -0.737. The molecular weight excluding hydrogens is 312 g/mol. The molecule has 0 saturated carbocycles. The fraction of sp³-hybridized carbons (Fsp3) is 0.333. The summed E-state index contributed by atoms with van der Waals surface area (Å²) in [7, 11) is 0. The molecular formula is C21H22N2O2. The summed E-state index contributed by atoms with van der Waals surface area (Å²) >= 11 is 0. The van der Waals surface area contributed by atoms with E-state index in [-0.39, 0.29) is 18.2 Å². The predicted octanol–water partition coefficient (Wildman–Crippen LogP) is 2.76. The van der Waals surface area contributed by atoms with Crippen LogP contribution in [0.25, 0.3) is 0 Å². The largest absolute Gasteiger partial charge is 0.285 e. The van der Waals surface area contributed by atoms with Crippen LogP contribution in [0.4, 0.5) is 0 Å². The van der Waals surface area contributed by atoms with E-state index >= 15 is 0 Å². The van der Waals surface area contributed by atoms with E-state index in [9.17, 15) is 9.59 Å². The predicted molar refractivity (Wildman–Crippen MR) is 95.6 cm³/mol. The highest BCUT2D eigenvalue weighted by Crippen LogP contribution is 2.34. The number of carbonyl (C=O) groups excluding carboxylic acids is 2.